The second kappa shape index (κ2) is 8.47. The summed E-state index contributed by atoms with van der Waals surface area (Å²) < 4.78 is 0. The van der Waals surface area contributed by atoms with E-state index in [-0.39, 0.29) is 11.0 Å². The number of hydrogen-bond acceptors (Lipinski definition) is 3. The number of para-hydroxylation sites is 2. The van der Waals surface area contributed by atoms with E-state index in [0.29, 0.717) is 5.56 Å². The van der Waals surface area contributed by atoms with E-state index in [0.717, 1.165) is 40.1 Å². The maximum atomic E-state index is 12.5. The molecular formula is C24H22N4OS. The highest BCUT2D eigenvalue weighted by Crippen LogP contribution is 2.25. The number of aromatic amines is 1. The number of thiocarbonyl (C=S) groups is 1. The molecular weight excluding hydrogens is 392 g/mol. The van der Waals surface area contributed by atoms with Gasteiger partial charge < -0.3 is 10.3 Å². The Morgan fingerprint density at radius 2 is 1.83 bits per heavy atom. The topological polar surface area (TPSA) is 69.8 Å². The zero-order valence-corrected chi connectivity index (χ0v) is 17.6. The fraction of sp³-hybridized carbons (Fsp3) is 0.125. The van der Waals surface area contributed by atoms with Gasteiger partial charge in [0.25, 0.3) is 5.91 Å². The monoisotopic (exact) mass is 414 g/mol. The summed E-state index contributed by atoms with van der Waals surface area (Å²) in [7, 11) is 0. The van der Waals surface area contributed by atoms with E-state index in [1.54, 1.807) is 0 Å². The lowest BCUT2D eigenvalue weighted by molar-refractivity contribution is 0.0977. The minimum atomic E-state index is -0.235. The standard InChI is InChI=1S/C24H22N4OS/c1-3-16-9-12-17(13-10-16)23(29)28-24(30)27-21-14-18(11-8-15(21)2)22-25-19-6-4-5-7-20(19)26-22/h4-14H,3H2,1-2H3,(H,25,26)(H2,27,28,29,30). The maximum Gasteiger partial charge on any atom is 0.257 e. The summed E-state index contributed by atoms with van der Waals surface area (Å²) in [6, 6.07) is 21.4. The molecule has 0 aliphatic carbocycles. The van der Waals surface area contributed by atoms with Crippen molar-refractivity contribution < 1.29 is 4.79 Å². The average molecular weight is 415 g/mol. The molecule has 150 valence electrons. The van der Waals surface area contributed by atoms with Gasteiger partial charge in [-0.05, 0) is 67.0 Å². The Bertz CT molecular complexity index is 1190. The zero-order valence-electron chi connectivity index (χ0n) is 16.8. The first kappa shape index (κ1) is 19.8. The smallest absolute Gasteiger partial charge is 0.257 e. The lowest BCUT2D eigenvalue weighted by Crippen LogP contribution is -2.34. The number of carbonyl (C=O) groups excluding carboxylic acids is 1. The van der Waals surface area contributed by atoms with Gasteiger partial charge in [-0.15, -0.1) is 0 Å². The lowest BCUT2D eigenvalue weighted by atomic mass is 10.1. The van der Waals surface area contributed by atoms with Crippen LogP contribution in [0.3, 0.4) is 0 Å². The molecule has 0 aliphatic rings. The van der Waals surface area contributed by atoms with Crippen LogP contribution in [0.5, 0.6) is 0 Å². The van der Waals surface area contributed by atoms with Crippen LogP contribution in [0, 0.1) is 6.92 Å². The molecule has 4 aromatic rings. The largest absolute Gasteiger partial charge is 0.338 e. The van der Waals surface area contributed by atoms with Crippen LogP contribution in [0.15, 0.2) is 66.7 Å². The summed E-state index contributed by atoms with van der Waals surface area (Å²) >= 11 is 5.37. The zero-order chi connectivity index (χ0) is 21.1. The highest BCUT2D eigenvalue weighted by molar-refractivity contribution is 7.80. The Balaban J connectivity index is 1.50. The molecule has 1 heterocycles. The number of aromatic nitrogens is 2. The van der Waals surface area contributed by atoms with Crippen LogP contribution in [0.1, 0.15) is 28.4 Å². The van der Waals surface area contributed by atoms with E-state index in [9.17, 15) is 4.79 Å². The number of imidazole rings is 1. The van der Waals surface area contributed by atoms with Gasteiger partial charge in [0.1, 0.15) is 5.82 Å². The molecule has 0 spiro atoms. The molecule has 0 aliphatic heterocycles. The molecule has 3 N–H and O–H groups in total. The van der Waals surface area contributed by atoms with E-state index >= 15 is 0 Å². The van der Waals surface area contributed by atoms with E-state index in [1.165, 1.54) is 5.56 Å². The average Bonchev–Trinajstić information content (AvgIpc) is 3.19. The second-order valence-corrected chi connectivity index (χ2v) is 7.50. The van der Waals surface area contributed by atoms with E-state index in [2.05, 4.69) is 27.5 Å². The van der Waals surface area contributed by atoms with Crippen LogP contribution in [-0.2, 0) is 6.42 Å². The molecule has 0 saturated carbocycles. The number of H-pyrrole nitrogens is 1. The Morgan fingerprint density at radius 1 is 1.07 bits per heavy atom. The van der Waals surface area contributed by atoms with Crippen LogP contribution >= 0.6 is 12.2 Å². The number of carbonyl (C=O) groups is 1. The van der Waals surface area contributed by atoms with Crippen molar-refractivity contribution in [2.75, 3.05) is 5.32 Å². The molecule has 1 aromatic heterocycles. The fourth-order valence-corrected chi connectivity index (χ4v) is 3.42. The first-order valence-electron chi connectivity index (χ1n) is 9.80. The van der Waals surface area contributed by atoms with Gasteiger partial charge in [-0.3, -0.25) is 10.1 Å². The Hall–Kier alpha value is -3.51. The number of anilines is 1. The summed E-state index contributed by atoms with van der Waals surface area (Å²) in [5, 5.41) is 6.14. The first-order valence-corrected chi connectivity index (χ1v) is 10.2. The molecule has 6 heteroatoms. The first-order chi connectivity index (χ1) is 14.5. The predicted molar refractivity (Wildman–Crippen MR) is 126 cm³/mol. The number of rotatable bonds is 4. The van der Waals surface area contributed by atoms with Gasteiger partial charge in [0.2, 0.25) is 0 Å². The summed E-state index contributed by atoms with van der Waals surface area (Å²) in [6.45, 7) is 4.06. The third-order valence-corrected chi connectivity index (χ3v) is 5.20. The van der Waals surface area contributed by atoms with Gasteiger partial charge in [0.05, 0.1) is 11.0 Å². The van der Waals surface area contributed by atoms with E-state index < -0.39 is 0 Å². The molecule has 0 bridgehead atoms. The van der Waals surface area contributed by atoms with Gasteiger partial charge >= 0.3 is 0 Å². The van der Waals surface area contributed by atoms with E-state index in [1.807, 2.05) is 73.7 Å². The molecule has 0 unspecified atom stereocenters. The summed E-state index contributed by atoms with van der Waals surface area (Å²) in [5.41, 5.74) is 6.43. The molecule has 0 fully saturated rings. The second-order valence-electron chi connectivity index (χ2n) is 7.09. The number of amides is 1. The van der Waals surface area contributed by atoms with Crippen molar-refractivity contribution in [3.05, 3.63) is 83.4 Å². The third kappa shape index (κ3) is 4.23. The number of benzene rings is 3. The van der Waals surface area contributed by atoms with Crippen LogP contribution < -0.4 is 10.6 Å². The Kier molecular flexibility index (Phi) is 5.59. The molecule has 0 radical (unpaired) electrons. The van der Waals surface area contributed by atoms with Crippen molar-refractivity contribution in [2.45, 2.75) is 20.3 Å². The van der Waals surface area contributed by atoms with Crippen LogP contribution in [0.2, 0.25) is 0 Å². The number of hydrogen-bond donors (Lipinski definition) is 3. The van der Waals surface area contributed by atoms with Crippen molar-refractivity contribution in [3.63, 3.8) is 0 Å². The number of nitrogens with one attached hydrogen (secondary N) is 3. The Labute approximate surface area is 180 Å². The molecule has 30 heavy (non-hydrogen) atoms. The minimum Gasteiger partial charge on any atom is -0.338 e. The normalized spacial score (nSPS) is 10.7. The van der Waals surface area contributed by atoms with E-state index in [4.69, 9.17) is 12.2 Å². The van der Waals surface area contributed by atoms with Crippen molar-refractivity contribution >= 4 is 40.0 Å². The summed E-state index contributed by atoms with van der Waals surface area (Å²) in [4.78, 5) is 20.4. The van der Waals surface area contributed by atoms with Crippen molar-refractivity contribution in [3.8, 4) is 11.4 Å². The molecule has 4 rings (SSSR count). The Morgan fingerprint density at radius 3 is 2.57 bits per heavy atom. The van der Waals surface area contributed by atoms with Crippen molar-refractivity contribution in [1.29, 1.82) is 0 Å². The number of aryl methyl sites for hydroxylation is 2. The van der Waals surface area contributed by atoms with Crippen LogP contribution in [-0.4, -0.2) is 21.0 Å². The summed E-state index contributed by atoms with van der Waals surface area (Å²) in [6.07, 6.45) is 0.933. The van der Waals surface area contributed by atoms with Crippen molar-refractivity contribution in [2.24, 2.45) is 0 Å². The van der Waals surface area contributed by atoms with Gasteiger partial charge in [0.15, 0.2) is 5.11 Å². The minimum absolute atomic E-state index is 0.235. The molecule has 5 nitrogen and oxygen atoms in total. The van der Waals surface area contributed by atoms with Gasteiger partial charge in [-0.25, -0.2) is 4.98 Å². The number of nitrogens with zero attached hydrogens (tertiary/aromatic N) is 1. The fourth-order valence-electron chi connectivity index (χ4n) is 3.21. The predicted octanol–water partition coefficient (Wildman–Crippen LogP) is 5.23. The molecule has 1 amide bonds. The van der Waals surface area contributed by atoms with Crippen molar-refractivity contribution in [1.82, 2.24) is 15.3 Å². The van der Waals surface area contributed by atoms with Crippen LogP contribution in [0.4, 0.5) is 5.69 Å². The highest BCUT2D eigenvalue weighted by atomic mass is 32.1. The summed E-state index contributed by atoms with van der Waals surface area (Å²) in [5.74, 6) is 0.548. The maximum absolute atomic E-state index is 12.5. The quantitative estimate of drug-likeness (QED) is 0.400. The van der Waals surface area contributed by atoms with Gasteiger partial charge in [-0.2, -0.15) is 0 Å². The highest BCUT2D eigenvalue weighted by Gasteiger charge is 2.11. The molecule has 3 aromatic carbocycles. The third-order valence-electron chi connectivity index (χ3n) is 5.00. The molecule has 0 atom stereocenters. The SMILES string of the molecule is CCc1ccc(C(=O)NC(=S)Nc2cc(-c3nc4ccccc4[nH]3)ccc2C)cc1. The molecule has 0 saturated heterocycles. The number of fused-ring (bicyclic) bond motifs is 1. The lowest BCUT2D eigenvalue weighted by Gasteiger charge is -2.13. The van der Waals surface area contributed by atoms with Gasteiger partial charge in [-0.1, -0.05) is 43.3 Å². The van der Waals surface area contributed by atoms with Crippen LogP contribution in [0.25, 0.3) is 22.4 Å². The van der Waals surface area contributed by atoms with Gasteiger partial charge in [0, 0.05) is 16.8 Å².